The van der Waals surface area contributed by atoms with E-state index in [1.165, 1.54) is 16.0 Å². The van der Waals surface area contributed by atoms with E-state index in [2.05, 4.69) is 43.9 Å². The molecule has 28 heavy (non-hydrogen) atoms. The van der Waals surface area contributed by atoms with Crippen molar-refractivity contribution in [3.8, 4) is 0 Å². The number of nitrogens with zero attached hydrogens (tertiary/aromatic N) is 2. The zero-order valence-corrected chi connectivity index (χ0v) is 17.1. The first-order valence-electron chi connectivity index (χ1n) is 10.3. The molecule has 1 unspecified atom stereocenters. The molecule has 156 valence electrons. The predicted molar refractivity (Wildman–Crippen MR) is 104 cm³/mol. The maximum Gasteiger partial charge on any atom is 0.390 e. The van der Waals surface area contributed by atoms with Gasteiger partial charge in [-0.15, -0.1) is 0 Å². The van der Waals surface area contributed by atoms with Crippen molar-refractivity contribution in [2.24, 2.45) is 0 Å². The van der Waals surface area contributed by atoms with Gasteiger partial charge in [-0.05, 0) is 63.6 Å². The Kier molecular flexibility index (Phi) is 6.08. The molecule has 0 radical (unpaired) electrons. The van der Waals surface area contributed by atoms with Crippen LogP contribution in [-0.2, 0) is 4.79 Å². The van der Waals surface area contributed by atoms with Gasteiger partial charge in [0.25, 0.3) is 0 Å². The number of hydrogen-bond acceptors (Lipinski definition) is 2. The van der Waals surface area contributed by atoms with Crippen LogP contribution in [-0.4, -0.2) is 47.1 Å². The van der Waals surface area contributed by atoms with Gasteiger partial charge in [-0.3, -0.25) is 9.69 Å². The Hall–Kier alpha value is -1.56. The zero-order chi connectivity index (χ0) is 20.5. The molecule has 2 fully saturated rings. The second kappa shape index (κ2) is 8.05. The van der Waals surface area contributed by atoms with Gasteiger partial charge in [-0.2, -0.15) is 13.2 Å². The molecule has 0 aromatic heterocycles. The van der Waals surface area contributed by atoms with Crippen LogP contribution in [0.4, 0.5) is 13.2 Å². The van der Waals surface area contributed by atoms with Crippen LogP contribution >= 0.6 is 0 Å². The first-order valence-corrected chi connectivity index (χ1v) is 10.3. The van der Waals surface area contributed by atoms with Crippen LogP contribution in [0.1, 0.15) is 76.0 Å². The molecule has 0 N–H and O–H groups in total. The standard InChI is InChI=1S/C22H31F3N2O/c1-21(2,3)27-12-6-9-19(27)18-8-5-4-7-17(18)16-10-13-26(20(28)15-16)14-11-22(23,24)25/h4-5,7-8,16,19H,6,9-15H2,1-3H3/t16?,19-/m1/s1. The lowest BCUT2D eigenvalue weighted by Crippen LogP contribution is -2.42. The van der Waals surface area contributed by atoms with Crippen molar-refractivity contribution < 1.29 is 18.0 Å². The highest BCUT2D eigenvalue weighted by Gasteiger charge is 2.37. The highest BCUT2D eigenvalue weighted by Crippen LogP contribution is 2.42. The van der Waals surface area contributed by atoms with Crippen molar-refractivity contribution in [1.29, 1.82) is 0 Å². The van der Waals surface area contributed by atoms with Gasteiger partial charge in [0.05, 0.1) is 6.42 Å². The molecule has 2 saturated heterocycles. The maximum atomic E-state index is 12.5. The van der Waals surface area contributed by atoms with Crippen molar-refractivity contribution in [1.82, 2.24) is 9.80 Å². The minimum Gasteiger partial charge on any atom is -0.342 e. The number of hydrogen-bond donors (Lipinski definition) is 0. The fourth-order valence-electron chi connectivity index (χ4n) is 4.72. The third kappa shape index (κ3) is 4.88. The molecule has 3 rings (SSSR count). The van der Waals surface area contributed by atoms with Gasteiger partial charge in [0.2, 0.25) is 5.91 Å². The number of amides is 1. The van der Waals surface area contributed by atoms with Crippen molar-refractivity contribution >= 4 is 5.91 Å². The number of halogens is 3. The number of piperidine rings is 1. The van der Waals surface area contributed by atoms with E-state index >= 15 is 0 Å². The normalized spacial score (nSPS) is 24.8. The summed E-state index contributed by atoms with van der Waals surface area (Å²) >= 11 is 0. The number of carbonyl (C=O) groups excluding carboxylic acids is 1. The number of likely N-dealkylation sites (tertiary alicyclic amines) is 2. The second-order valence-electron chi connectivity index (χ2n) is 9.09. The molecular weight excluding hydrogens is 365 g/mol. The molecule has 0 aliphatic carbocycles. The quantitative estimate of drug-likeness (QED) is 0.691. The lowest BCUT2D eigenvalue weighted by Gasteiger charge is -2.39. The van der Waals surface area contributed by atoms with Gasteiger partial charge < -0.3 is 4.90 Å². The Morgan fingerprint density at radius 1 is 1.04 bits per heavy atom. The Bertz CT molecular complexity index is 696. The minimum atomic E-state index is -4.22. The molecule has 0 spiro atoms. The van der Waals surface area contributed by atoms with E-state index in [-0.39, 0.29) is 23.9 Å². The summed E-state index contributed by atoms with van der Waals surface area (Å²) in [5.74, 6) is -0.0670. The second-order valence-corrected chi connectivity index (χ2v) is 9.09. The van der Waals surface area contributed by atoms with Gasteiger partial charge in [0.1, 0.15) is 0 Å². The number of alkyl halides is 3. The summed E-state index contributed by atoms with van der Waals surface area (Å²) in [6, 6.07) is 8.69. The van der Waals surface area contributed by atoms with Crippen molar-refractivity contribution in [2.75, 3.05) is 19.6 Å². The number of rotatable bonds is 4. The molecule has 1 aromatic carbocycles. The van der Waals surface area contributed by atoms with E-state index in [0.717, 1.165) is 25.8 Å². The average Bonchev–Trinajstić information content (AvgIpc) is 3.10. The summed E-state index contributed by atoms with van der Waals surface area (Å²) in [5, 5.41) is 0. The first-order chi connectivity index (χ1) is 13.1. The highest BCUT2D eigenvalue weighted by molar-refractivity contribution is 5.78. The molecule has 2 aliphatic rings. The summed E-state index contributed by atoms with van der Waals surface area (Å²) in [6.07, 6.45) is -1.86. The van der Waals surface area contributed by atoms with E-state index in [0.29, 0.717) is 19.0 Å². The van der Waals surface area contributed by atoms with Crippen molar-refractivity contribution in [3.63, 3.8) is 0 Å². The Labute approximate surface area is 165 Å². The van der Waals surface area contributed by atoms with Crippen molar-refractivity contribution in [3.05, 3.63) is 35.4 Å². The van der Waals surface area contributed by atoms with Crippen LogP contribution in [0.3, 0.4) is 0 Å². The molecule has 0 bridgehead atoms. The number of benzene rings is 1. The van der Waals surface area contributed by atoms with Crippen LogP contribution in [0.15, 0.2) is 24.3 Å². The molecule has 1 aromatic rings. The third-order valence-corrected chi connectivity index (χ3v) is 6.10. The van der Waals surface area contributed by atoms with Crippen LogP contribution in [0, 0.1) is 0 Å². The summed E-state index contributed by atoms with van der Waals surface area (Å²) < 4.78 is 37.5. The maximum absolute atomic E-state index is 12.5. The van der Waals surface area contributed by atoms with Gasteiger partial charge in [0.15, 0.2) is 0 Å². The lowest BCUT2D eigenvalue weighted by atomic mass is 9.83. The summed E-state index contributed by atoms with van der Waals surface area (Å²) in [7, 11) is 0. The number of carbonyl (C=O) groups is 1. The van der Waals surface area contributed by atoms with Crippen LogP contribution in [0.2, 0.25) is 0 Å². The van der Waals surface area contributed by atoms with Gasteiger partial charge >= 0.3 is 6.18 Å². The van der Waals surface area contributed by atoms with Crippen LogP contribution in [0.25, 0.3) is 0 Å². The Morgan fingerprint density at radius 2 is 1.71 bits per heavy atom. The molecule has 1 amide bonds. The topological polar surface area (TPSA) is 23.6 Å². The minimum absolute atomic E-state index is 0.0745. The molecule has 2 heterocycles. The SMILES string of the molecule is CC(C)(C)N1CCC[C@@H]1c1ccccc1C1CCN(CCC(F)(F)F)C(=O)C1. The van der Waals surface area contributed by atoms with Crippen LogP contribution < -0.4 is 0 Å². The van der Waals surface area contributed by atoms with E-state index in [1.54, 1.807) is 0 Å². The molecule has 6 heteroatoms. The third-order valence-electron chi connectivity index (χ3n) is 6.10. The van der Waals surface area contributed by atoms with E-state index in [4.69, 9.17) is 0 Å². The molecular formula is C22H31F3N2O. The fraction of sp³-hybridized carbons (Fsp3) is 0.682. The fourth-order valence-corrected chi connectivity index (χ4v) is 4.72. The Balaban J connectivity index is 1.75. The average molecular weight is 396 g/mol. The van der Waals surface area contributed by atoms with E-state index < -0.39 is 12.6 Å². The monoisotopic (exact) mass is 396 g/mol. The first kappa shape index (κ1) is 21.2. The summed E-state index contributed by atoms with van der Waals surface area (Å²) in [4.78, 5) is 16.4. The van der Waals surface area contributed by atoms with Gasteiger partial charge in [-0.1, -0.05) is 24.3 Å². The van der Waals surface area contributed by atoms with Gasteiger partial charge in [0, 0.05) is 31.1 Å². The summed E-state index contributed by atoms with van der Waals surface area (Å²) in [5.41, 5.74) is 2.56. The Morgan fingerprint density at radius 3 is 2.32 bits per heavy atom. The smallest absolute Gasteiger partial charge is 0.342 e. The molecule has 0 saturated carbocycles. The largest absolute Gasteiger partial charge is 0.390 e. The van der Waals surface area contributed by atoms with Crippen LogP contribution in [0.5, 0.6) is 0 Å². The van der Waals surface area contributed by atoms with Crippen molar-refractivity contribution in [2.45, 2.75) is 76.6 Å². The highest BCUT2D eigenvalue weighted by atomic mass is 19.4. The van der Waals surface area contributed by atoms with E-state index in [1.807, 2.05) is 6.07 Å². The van der Waals surface area contributed by atoms with Gasteiger partial charge in [-0.25, -0.2) is 0 Å². The molecule has 2 aliphatic heterocycles. The lowest BCUT2D eigenvalue weighted by molar-refractivity contribution is -0.147. The molecule has 3 nitrogen and oxygen atoms in total. The zero-order valence-electron chi connectivity index (χ0n) is 17.1. The predicted octanol–water partition coefficient (Wildman–Crippen LogP) is 5.28. The molecule has 2 atom stereocenters. The van der Waals surface area contributed by atoms with E-state index in [9.17, 15) is 18.0 Å². The summed E-state index contributed by atoms with van der Waals surface area (Å²) in [6.45, 7) is 7.94.